The Kier molecular flexibility index (Phi) is 5.79. The molecule has 30 heavy (non-hydrogen) atoms. The number of hydrogen-bond donors (Lipinski definition) is 0. The van der Waals surface area contributed by atoms with Gasteiger partial charge in [0.1, 0.15) is 7.11 Å². The van der Waals surface area contributed by atoms with E-state index in [1.807, 2.05) is 0 Å². The smallest absolute Gasteiger partial charge is 0.192 e. The molecule has 0 aromatic rings. The summed E-state index contributed by atoms with van der Waals surface area (Å²) in [6.07, 6.45) is 12.4. The molecule has 4 fully saturated rings. The van der Waals surface area contributed by atoms with E-state index in [0.717, 1.165) is 30.1 Å². The molecule has 4 aliphatic rings. The Morgan fingerprint density at radius 2 is 1.63 bits per heavy atom. The van der Waals surface area contributed by atoms with Gasteiger partial charge < -0.3 is 9.26 Å². The molecule has 0 radical (unpaired) electrons. The molecule has 0 saturated heterocycles. The SMILES string of the molecule is CON=C1CC[C@]2(C)C3CC[C@@]4(C)C(CC[C@@H]4O[Si](C)(C)C(C)(C)C)C3CC[C@@H]2C1. The van der Waals surface area contributed by atoms with Crippen LogP contribution in [0.1, 0.15) is 92.4 Å². The van der Waals surface area contributed by atoms with Crippen molar-refractivity contribution >= 4 is 14.0 Å². The average Bonchev–Trinajstić information content (AvgIpc) is 2.97. The topological polar surface area (TPSA) is 30.8 Å². The zero-order valence-electron chi connectivity index (χ0n) is 21.0. The third kappa shape index (κ3) is 3.52. The third-order valence-electron chi connectivity index (χ3n) is 10.9. The van der Waals surface area contributed by atoms with Crippen molar-refractivity contribution in [1.82, 2.24) is 0 Å². The second kappa shape index (κ2) is 7.61. The monoisotopic (exact) mass is 433 g/mol. The Morgan fingerprint density at radius 3 is 2.30 bits per heavy atom. The predicted octanol–water partition coefficient (Wildman–Crippen LogP) is 7.42. The van der Waals surface area contributed by atoms with Crippen molar-refractivity contribution in [2.24, 2.45) is 39.7 Å². The Bertz CT molecular complexity index is 683. The van der Waals surface area contributed by atoms with Gasteiger partial charge in [-0.1, -0.05) is 39.8 Å². The second-order valence-electron chi connectivity index (χ2n) is 13.2. The number of hydrogen-bond acceptors (Lipinski definition) is 3. The van der Waals surface area contributed by atoms with Gasteiger partial charge in [0.05, 0.1) is 11.8 Å². The molecule has 3 nitrogen and oxygen atoms in total. The van der Waals surface area contributed by atoms with E-state index in [9.17, 15) is 0 Å². The fourth-order valence-corrected chi connectivity index (χ4v) is 9.40. The highest BCUT2D eigenvalue weighted by atomic mass is 28.4. The number of rotatable bonds is 3. The molecule has 0 aromatic heterocycles. The third-order valence-corrected chi connectivity index (χ3v) is 15.4. The maximum Gasteiger partial charge on any atom is 0.192 e. The van der Waals surface area contributed by atoms with E-state index in [2.05, 4.69) is 52.9 Å². The zero-order valence-corrected chi connectivity index (χ0v) is 22.0. The van der Waals surface area contributed by atoms with Gasteiger partial charge in [-0.3, -0.25) is 0 Å². The Labute approximate surface area is 186 Å². The maximum atomic E-state index is 7.10. The summed E-state index contributed by atoms with van der Waals surface area (Å²) in [5.74, 6) is 3.51. The Balaban J connectivity index is 1.52. The quantitative estimate of drug-likeness (QED) is 0.342. The summed E-state index contributed by atoms with van der Waals surface area (Å²) >= 11 is 0. The van der Waals surface area contributed by atoms with Crippen LogP contribution in [0.4, 0.5) is 0 Å². The minimum atomic E-state index is -1.72. The first kappa shape index (κ1) is 22.8. The van der Waals surface area contributed by atoms with E-state index in [0.29, 0.717) is 22.0 Å². The Hall–Kier alpha value is -0.353. The molecule has 4 saturated carbocycles. The predicted molar refractivity (Wildman–Crippen MR) is 128 cm³/mol. The standard InChI is InChI=1S/C26H47NO2Si/c1-24(2,3)30(7,8)29-23-12-11-21-20-10-9-18-17-19(27-28-6)13-15-25(18,4)22(20)14-16-26(21,23)5/h18,20-23H,9-17H2,1-8H3/t18-,20?,21?,22?,23+,25+,26+/m1/s1. The summed E-state index contributed by atoms with van der Waals surface area (Å²) in [6, 6.07) is 0. The van der Waals surface area contributed by atoms with Crippen LogP contribution in [0.25, 0.3) is 0 Å². The lowest BCUT2D eigenvalue weighted by Gasteiger charge is -2.60. The molecule has 0 amide bonds. The molecule has 0 aromatic carbocycles. The fourth-order valence-electron chi connectivity index (χ4n) is 7.95. The highest BCUT2D eigenvalue weighted by Gasteiger charge is 2.61. The lowest BCUT2D eigenvalue weighted by atomic mass is 9.45. The van der Waals surface area contributed by atoms with Crippen LogP contribution in [-0.2, 0) is 9.26 Å². The number of fused-ring (bicyclic) bond motifs is 5. The first-order chi connectivity index (χ1) is 13.9. The molecule has 4 aliphatic carbocycles. The highest BCUT2D eigenvalue weighted by Crippen LogP contribution is 2.66. The molecule has 4 rings (SSSR count). The van der Waals surface area contributed by atoms with E-state index in [4.69, 9.17) is 9.26 Å². The van der Waals surface area contributed by atoms with E-state index in [-0.39, 0.29) is 0 Å². The van der Waals surface area contributed by atoms with Gasteiger partial charge in [0.15, 0.2) is 8.32 Å². The summed E-state index contributed by atoms with van der Waals surface area (Å²) in [4.78, 5) is 5.12. The largest absolute Gasteiger partial charge is 0.413 e. The molecule has 0 spiro atoms. The molecule has 172 valence electrons. The average molecular weight is 434 g/mol. The molecular formula is C26H47NO2Si. The fraction of sp³-hybridized carbons (Fsp3) is 0.962. The lowest BCUT2D eigenvalue weighted by Crippen LogP contribution is -2.55. The van der Waals surface area contributed by atoms with Gasteiger partial charge in [0.25, 0.3) is 0 Å². The lowest BCUT2D eigenvalue weighted by molar-refractivity contribution is -0.110. The van der Waals surface area contributed by atoms with E-state index >= 15 is 0 Å². The summed E-state index contributed by atoms with van der Waals surface area (Å²) in [5.41, 5.74) is 2.22. The normalized spacial score (nSPS) is 45.6. The van der Waals surface area contributed by atoms with E-state index in [1.165, 1.54) is 57.1 Å². The summed E-state index contributed by atoms with van der Waals surface area (Å²) in [6.45, 7) is 17.3. The van der Waals surface area contributed by atoms with Crippen molar-refractivity contribution < 1.29 is 9.26 Å². The molecule has 3 unspecified atom stereocenters. The van der Waals surface area contributed by atoms with Crippen molar-refractivity contribution in [1.29, 1.82) is 0 Å². The first-order valence-electron chi connectivity index (χ1n) is 12.7. The van der Waals surface area contributed by atoms with Gasteiger partial charge >= 0.3 is 0 Å². The van der Waals surface area contributed by atoms with E-state index < -0.39 is 8.32 Å². The summed E-state index contributed by atoms with van der Waals surface area (Å²) in [7, 11) is -0.0238. The molecule has 4 heteroatoms. The summed E-state index contributed by atoms with van der Waals surface area (Å²) in [5, 5.41) is 4.64. The van der Waals surface area contributed by atoms with Crippen molar-refractivity contribution in [2.45, 2.75) is 117 Å². The molecule has 0 aliphatic heterocycles. The minimum absolute atomic E-state index is 0.299. The van der Waals surface area contributed by atoms with Gasteiger partial charge in [-0.05, 0) is 110 Å². The second-order valence-corrected chi connectivity index (χ2v) is 17.9. The highest BCUT2D eigenvalue weighted by molar-refractivity contribution is 6.74. The molecule has 0 bridgehead atoms. The van der Waals surface area contributed by atoms with Crippen molar-refractivity contribution in [3.05, 3.63) is 0 Å². The van der Waals surface area contributed by atoms with Gasteiger partial charge in [0, 0.05) is 0 Å². The first-order valence-corrected chi connectivity index (χ1v) is 15.6. The molecule has 0 heterocycles. The van der Waals surface area contributed by atoms with Gasteiger partial charge in [-0.25, -0.2) is 0 Å². The van der Waals surface area contributed by atoms with Crippen LogP contribution < -0.4 is 0 Å². The van der Waals surface area contributed by atoms with Crippen LogP contribution in [0.15, 0.2) is 5.16 Å². The van der Waals surface area contributed by atoms with Crippen LogP contribution in [0.2, 0.25) is 18.1 Å². The van der Waals surface area contributed by atoms with E-state index in [1.54, 1.807) is 7.11 Å². The van der Waals surface area contributed by atoms with Crippen LogP contribution in [0.3, 0.4) is 0 Å². The number of nitrogens with zero attached hydrogens (tertiary/aromatic N) is 1. The van der Waals surface area contributed by atoms with Crippen molar-refractivity contribution in [2.75, 3.05) is 7.11 Å². The molecule has 7 atom stereocenters. The van der Waals surface area contributed by atoms with Crippen LogP contribution in [-0.4, -0.2) is 27.2 Å². The maximum absolute atomic E-state index is 7.10. The zero-order chi connectivity index (χ0) is 21.9. The van der Waals surface area contributed by atoms with Gasteiger partial charge in [-0.15, -0.1) is 0 Å². The summed E-state index contributed by atoms with van der Waals surface area (Å²) < 4.78 is 7.10. The van der Waals surface area contributed by atoms with Gasteiger partial charge in [0.2, 0.25) is 0 Å². The molecule has 0 N–H and O–H groups in total. The van der Waals surface area contributed by atoms with Crippen LogP contribution >= 0.6 is 0 Å². The van der Waals surface area contributed by atoms with Crippen LogP contribution in [0, 0.1) is 34.5 Å². The van der Waals surface area contributed by atoms with Crippen molar-refractivity contribution in [3.8, 4) is 0 Å². The minimum Gasteiger partial charge on any atom is -0.413 e. The Morgan fingerprint density at radius 1 is 0.933 bits per heavy atom. The van der Waals surface area contributed by atoms with Gasteiger partial charge in [-0.2, -0.15) is 0 Å². The van der Waals surface area contributed by atoms with Crippen molar-refractivity contribution in [3.63, 3.8) is 0 Å². The number of oxime groups is 1. The van der Waals surface area contributed by atoms with Crippen LogP contribution in [0.5, 0.6) is 0 Å². The molecular weight excluding hydrogens is 386 g/mol.